The molecule has 22 heavy (non-hydrogen) atoms. The van der Waals surface area contributed by atoms with Crippen LogP contribution < -0.4 is 4.74 Å². The maximum Gasteiger partial charge on any atom is 0.344 e. The Kier molecular flexibility index (Phi) is 4.73. The van der Waals surface area contributed by atoms with E-state index >= 15 is 0 Å². The van der Waals surface area contributed by atoms with Gasteiger partial charge < -0.3 is 9.84 Å². The van der Waals surface area contributed by atoms with E-state index in [9.17, 15) is 9.59 Å². The van der Waals surface area contributed by atoms with Crippen molar-refractivity contribution in [2.45, 2.75) is 13.0 Å². The summed E-state index contributed by atoms with van der Waals surface area (Å²) >= 11 is 0. The number of ether oxygens (including phenoxy) is 1. The van der Waals surface area contributed by atoms with Crippen LogP contribution >= 0.6 is 0 Å². The molecule has 0 saturated heterocycles. The first-order valence-electron chi connectivity index (χ1n) is 6.66. The smallest absolute Gasteiger partial charge is 0.344 e. The number of aryl methyl sites for hydroxylation is 1. The van der Waals surface area contributed by atoms with Gasteiger partial charge in [-0.05, 0) is 30.7 Å². The van der Waals surface area contributed by atoms with Crippen LogP contribution in [0.25, 0.3) is 6.08 Å². The standard InChI is InChI=1S/C16H16N2O4/c1-11(16(20)21)22-14-5-3-4-12(8-14)6-7-15(19)13-9-17-18(2)10-13/h3-11H,1-2H3,(H,20,21)/b7-6+/t11-/m1/s1. The number of benzene rings is 1. The van der Waals surface area contributed by atoms with Crippen LogP contribution in [0.5, 0.6) is 5.75 Å². The fraction of sp³-hybridized carbons (Fsp3) is 0.188. The summed E-state index contributed by atoms with van der Waals surface area (Å²) in [6, 6.07) is 6.87. The van der Waals surface area contributed by atoms with Crippen LogP contribution in [0, 0.1) is 0 Å². The van der Waals surface area contributed by atoms with Gasteiger partial charge in [0.25, 0.3) is 0 Å². The topological polar surface area (TPSA) is 81.4 Å². The van der Waals surface area contributed by atoms with Crippen molar-refractivity contribution in [1.29, 1.82) is 0 Å². The van der Waals surface area contributed by atoms with Crippen molar-refractivity contribution >= 4 is 17.8 Å². The van der Waals surface area contributed by atoms with E-state index in [2.05, 4.69) is 5.10 Å². The number of nitrogens with zero attached hydrogens (tertiary/aromatic N) is 2. The molecule has 0 fully saturated rings. The van der Waals surface area contributed by atoms with Crippen LogP contribution in [0.4, 0.5) is 0 Å². The molecule has 6 nitrogen and oxygen atoms in total. The molecule has 1 aromatic heterocycles. The van der Waals surface area contributed by atoms with Gasteiger partial charge >= 0.3 is 5.97 Å². The molecular formula is C16H16N2O4. The van der Waals surface area contributed by atoms with Crippen LogP contribution in [-0.4, -0.2) is 32.7 Å². The van der Waals surface area contributed by atoms with Crippen molar-refractivity contribution in [3.8, 4) is 5.75 Å². The van der Waals surface area contributed by atoms with Crippen LogP contribution in [0.3, 0.4) is 0 Å². The average Bonchev–Trinajstić information content (AvgIpc) is 2.91. The lowest BCUT2D eigenvalue weighted by molar-refractivity contribution is -0.144. The van der Waals surface area contributed by atoms with Gasteiger partial charge in [0.05, 0.1) is 11.8 Å². The minimum absolute atomic E-state index is 0.154. The highest BCUT2D eigenvalue weighted by Gasteiger charge is 2.12. The van der Waals surface area contributed by atoms with Crippen molar-refractivity contribution in [3.05, 3.63) is 53.9 Å². The maximum atomic E-state index is 11.9. The molecule has 2 rings (SSSR count). The molecule has 0 bridgehead atoms. The summed E-state index contributed by atoms with van der Waals surface area (Å²) in [5.74, 6) is -0.753. The van der Waals surface area contributed by atoms with Gasteiger partial charge in [-0.1, -0.05) is 18.2 Å². The predicted molar refractivity (Wildman–Crippen MR) is 80.7 cm³/mol. The first kappa shape index (κ1) is 15.5. The van der Waals surface area contributed by atoms with Crippen LogP contribution in [0.2, 0.25) is 0 Å². The van der Waals surface area contributed by atoms with E-state index in [-0.39, 0.29) is 5.78 Å². The van der Waals surface area contributed by atoms with Crippen molar-refractivity contribution < 1.29 is 19.4 Å². The van der Waals surface area contributed by atoms with Crippen molar-refractivity contribution in [2.75, 3.05) is 0 Å². The number of carbonyl (C=O) groups excluding carboxylic acids is 1. The largest absolute Gasteiger partial charge is 0.479 e. The number of aliphatic carboxylic acids is 1. The second-order valence-corrected chi connectivity index (χ2v) is 4.77. The Morgan fingerprint density at radius 3 is 2.82 bits per heavy atom. The lowest BCUT2D eigenvalue weighted by Crippen LogP contribution is -2.22. The highest BCUT2D eigenvalue weighted by atomic mass is 16.5. The van der Waals surface area contributed by atoms with Crippen molar-refractivity contribution in [3.63, 3.8) is 0 Å². The van der Waals surface area contributed by atoms with Gasteiger partial charge in [-0.15, -0.1) is 0 Å². The van der Waals surface area contributed by atoms with Gasteiger partial charge in [-0.25, -0.2) is 4.79 Å². The fourth-order valence-electron chi connectivity index (χ4n) is 1.76. The Hall–Kier alpha value is -2.89. The molecule has 0 spiro atoms. The summed E-state index contributed by atoms with van der Waals surface area (Å²) in [5, 5.41) is 12.8. The normalized spacial score (nSPS) is 12.3. The molecular weight excluding hydrogens is 284 g/mol. The van der Waals surface area contributed by atoms with Gasteiger partial charge in [-0.3, -0.25) is 9.48 Å². The van der Waals surface area contributed by atoms with Gasteiger partial charge in [-0.2, -0.15) is 5.10 Å². The molecule has 0 unspecified atom stereocenters. The van der Waals surface area contributed by atoms with Gasteiger partial charge in [0, 0.05) is 13.2 Å². The van der Waals surface area contributed by atoms with E-state index in [0.717, 1.165) is 5.56 Å². The highest BCUT2D eigenvalue weighted by molar-refractivity contribution is 6.06. The average molecular weight is 300 g/mol. The SMILES string of the molecule is C[C@@H](Oc1cccc(/C=C/C(=O)c2cnn(C)c2)c1)C(=O)O. The number of hydrogen-bond donors (Lipinski definition) is 1. The van der Waals surface area contributed by atoms with E-state index in [1.807, 2.05) is 0 Å². The van der Waals surface area contributed by atoms with E-state index in [0.29, 0.717) is 11.3 Å². The third kappa shape index (κ3) is 4.05. The van der Waals surface area contributed by atoms with Crippen molar-refractivity contribution in [1.82, 2.24) is 9.78 Å². The lowest BCUT2D eigenvalue weighted by atomic mass is 10.1. The van der Waals surface area contributed by atoms with Crippen LogP contribution in [-0.2, 0) is 11.8 Å². The first-order valence-corrected chi connectivity index (χ1v) is 6.66. The Bertz CT molecular complexity index is 718. The number of ketones is 1. The molecule has 0 aliphatic rings. The summed E-state index contributed by atoms with van der Waals surface area (Å²) in [4.78, 5) is 22.7. The highest BCUT2D eigenvalue weighted by Crippen LogP contribution is 2.16. The molecule has 0 aliphatic carbocycles. The molecule has 114 valence electrons. The second-order valence-electron chi connectivity index (χ2n) is 4.77. The van der Waals surface area contributed by atoms with E-state index in [4.69, 9.17) is 9.84 Å². The summed E-state index contributed by atoms with van der Waals surface area (Å²) in [6.07, 6.45) is 5.29. The number of allylic oxidation sites excluding steroid dienone is 1. The fourth-order valence-corrected chi connectivity index (χ4v) is 1.76. The van der Waals surface area contributed by atoms with Gasteiger partial charge in [0.2, 0.25) is 0 Å². The molecule has 0 radical (unpaired) electrons. The minimum atomic E-state index is -1.03. The molecule has 6 heteroatoms. The first-order chi connectivity index (χ1) is 10.5. The lowest BCUT2D eigenvalue weighted by Gasteiger charge is -2.10. The summed E-state index contributed by atoms with van der Waals surface area (Å²) in [5.41, 5.74) is 1.25. The molecule has 1 N–H and O–H groups in total. The molecule has 0 aliphatic heterocycles. The number of carboxylic acid groups (broad SMARTS) is 1. The van der Waals surface area contributed by atoms with E-state index < -0.39 is 12.1 Å². The summed E-state index contributed by atoms with van der Waals surface area (Å²) in [6.45, 7) is 1.46. The van der Waals surface area contributed by atoms with Crippen molar-refractivity contribution in [2.24, 2.45) is 7.05 Å². The molecule has 2 aromatic rings. The number of hydrogen-bond acceptors (Lipinski definition) is 4. The number of rotatable bonds is 6. The van der Waals surface area contributed by atoms with E-state index in [1.54, 1.807) is 48.3 Å². The van der Waals surface area contributed by atoms with Crippen LogP contribution in [0.1, 0.15) is 22.8 Å². The Morgan fingerprint density at radius 1 is 1.41 bits per heavy atom. The molecule has 0 amide bonds. The zero-order valence-electron chi connectivity index (χ0n) is 12.3. The zero-order chi connectivity index (χ0) is 16.1. The van der Waals surface area contributed by atoms with Gasteiger partial charge in [0.15, 0.2) is 11.9 Å². The quantitative estimate of drug-likeness (QED) is 0.653. The summed E-state index contributed by atoms with van der Waals surface area (Å²) < 4.78 is 6.84. The molecule has 1 atom stereocenters. The third-order valence-corrected chi connectivity index (χ3v) is 2.94. The molecule has 1 heterocycles. The number of aromatic nitrogens is 2. The number of carbonyl (C=O) groups is 2. The van der Waals surface area contributed by atoms with E-state index in [1.165, 1.54) is 19.2 Å². The Balaban J connectivity index is 2.08. The Morgan fingerprint density at radius 2 is 2.18 bits per heavy atom. The number of carboxylic acids is 1. The molecule has 1 aromatic carbocycles. The zero-order valence-corrected chi connectivity index (χ0v) is 12.3. The second kappa shape index (κ2) is 6.71. The molecule has 0 saturated carbocycles. The predicted octanol–water partition coefficient (Wildman–Crippen LogP) is 2.17. The summed E-state index contributed by atoms with van der Waals surface area (Å²) in [7, 11) is 1.74. The monoisotopic (exact) mass is 300 g/mol. The maximum absolute atomic E-state index is 11.9. The third-order valence-electron chi connectivity index (χ3n) is 2.94. The van der Waals surface area contributed by atoms with Gasteiger partial charge in [0.1, 0.15) is 5.75 Å². The van der Waals surface area contributed by atoms with Crippen LogP contribution in [0.15, 0.2) is 42.7 Å². The Labute approximate surface area is 127 Å². The minimum Gasteiger partial charge on any atom is -0.479 e.